The number of aromatic nitrogens is 2. The van der Waals surface area contributed by atoms with Crippen LogP contribution in [0.1, 0.15) is 39.1 Å². The first-order valence-electron chi connectivity index (χ1n) is 7.09. The lowest BCUT2D eigenvalue weighted by molar-refractivity contribution is 0.0706. The smallest absolute Gasteiger partial charge is 0.253 e. The number of aryl methyl sites for hydroxylation is 1. The van der Waals surface area contributed by atoms with E-state index in [9.17, 15) is 13.6 Å². The van der Waals surface area contributed by atoms with Crippen LogP contribution in [0, 0.1) is 18.6 Å². The van der Waals surface area contributed by atoms with Gasteiger partial charge >= 0.3 is 0 Å². The molecule has 116 valence electrons. The first-order chi connectivity index (χ1) is 10.5. The van der Waals surface area contributed by atoms with Gasteiger partial charge in [-0.1, -0.05) is 0 Å². The minimum absolute atomic E-state index is 0.161. The Morgan fingerprint density at radius 3 is 2.82 bits per heavy atom. The summed E-state index contributed by atoms with van der Waals surface area (Å²) in [5.74, 6) is -2.06. The van der Waals surface area contributed by atoms with Crippen molar-refractivity contribution in [3.05, 3.63) is 45.4 Å². The van der Waals surface area contributed by atoms with Crippen LogP contribution in [-0.4, -0.2) is 34.1 Å². The Morgan fingerprint density at radius 1 is 1.32 bits per heavy atom. The number of amides is 1. The molecule has 0 spiro atoms. The summed E-state index contributed by atoms with van der Waals surface area (Å²) < 4.78 is 26.3. The fourth-order valence-electron chi connectivity index (χ4n) is 2.65. The van der Waals surface area contributed by atoms with Gasteiger partial charge in [0, 0.05) is 24.6 Å². The molecule has 0 saturated carbocycles. The van der Waals surface area contributed by atoms with Crippen LogP contribution in [-0.2, 0) is 0 Å². The van der Waals surface area contributed by atoms with E-state index in [4.69, 9.17) is 0 Å². The second-order valence-corrected chi connectivity index (χ2v) is 6.59. The maximum atomic E-state index is 13.3. The van der Waals surface area contributed by atoms with E-state index in [0.29, 0.717) is 13.1 Å². The van der Waals surface area contributed by atoms with Crippen LogP contribution in [0.15, 0.2) is 18.2 Å². The summed E-state index contributed by atoms with van der Waals surface area (Å²) in [4.78, 5) is 14.1. The molecule has 1 aliphatic heterocycles. The number of halogens is 2. The lowest BCUT2D eigenvalue weighted by Gasteiger charge is -2.31. The van der Waals surface area contributed by atoms with Gasteiger partial charge in [0.25, 0.3) is 5.91 Å². The second kappa shape index (κ2) is 6.08. The average molecular weight is 323 g/mol. The monoisotopic (exact) mass is 323 g/mol. The molecular formula is C15H15F2N3OS. The number of carbonyl (C=O) groups excluding carboxylic acids is 1. The van der Waals surface area contributed by atoms with Crippen molar-refractivity contribution in [1.29, 1.82) is 0 Å². The Labute approximate surface area is 130 Å². The summed E-state index contributed by atoms with van der Waals surface area (Å²) in [6, 6.07) is 3.26. The number of hydrogen-bond acceptors (Lipinski definition) is 4. The molecule has 1 saturated heterocycles. The van der Waals surface area contributed by atoms with Gasteiger partial charge in [-0.05, 0) is 38.0 Å². The zero-order valence-corrected chi connectivity index (χ0v) is 12.9. The van der Waals surface area contributed by atoms with Crippen molar-refractivity contribution in [2.24, 2.45) is 0 Å². The van der Waals surface area contributed by atoms with Crippen LogP contribution in [0.25, 0.3) is 0 Å². The van der Waals surface area contributed by atoms with Gasteiger partial charge in [-0.3, -0.25) is 4.79 Å². The van der Waals surface area contributed by atoms with Crippen LogP contribution < -0.4 is 0 Å². The summed E-state index contributed by atoms with van der Waals surface area (Å²) in [6.45, 7) is 3.05. The Bertz CT molecular complexity index is 704. The van der Waals surface area contributed by atoms with E-state index in [0.717, 1.165) is 35.0 Å². The largest absolute Gasteiger partial charge is 0.338 e. The molecule has 1 aromatic heterocycles. The molecule has 1 atom stereocenters. The van der Waals surface area contributed by atoms with Crippen molar-refractivity contribution >= 4 is 17.2 Å². The number of rotatable bonds is 2. The van der Waals surface area contributed by atoms with Crippen molar-refractivity contribution in [3.8, 4) is 0 Å². The lowest BCUT2D eigenvalue weighted by atomic mass is 9.98. The Morgan fingerprint density at radius 2 is 2.14 bits per heavy atom. The molecule has 1 aliphatic rings. The summed E-state index contributed by atoms with van der Waals surface area (Å²) in [5, 5.41) is 10.0. The summed E-state index contributed by atoms with van der Waals surface area (Å²) in [7, 11) is 0. The predicted octanol–water partition coefficient (Wildman–Crippen LogP) is 3.14. The highest BCUT2D eigenvalue weighted by molar-refractivity contribution is 7.11. The molecule has 2 aromatic rings. The number of hydrogen-bond donors (Lipinski definition) is 0. The highest BCUT2D eigenvalue weighted by atomic mass is 32.1. The summed E-state index contributed by atoms with van der Waals surface area (Å²) in [6.07, 6.45) is 1.81. The van der Waals surface area contributed by atoms with Gasteiger partial charge in [0.15, 0.2) is 11.6 Å². The van der Waals surface area contributed by atoms with Gasteiger partial charge < -0.3 is 4.90 Å². The normalized spacial score (nSPS) is 18.5. The zero-order chi connectivity index (χ0) is 15.7. The molecule has 4 nitrogen and oxygen atoms in total. The maximum Gasteiger partial charge on any atom is 0.253 e. The number of nitrogens with zero attached hydrogens (tertiary/aromatic N) is 3. The average Bonchev–Trinajstić information content (AvgIpc) is 2.96. The fourth-order valence-corrected chi connectivity index (χ4v) is 3.48. The second-order valence-electron chi connectivity index (χ2n) is 5.38. The van der Waals surface area contributed by atoms with Crippen LogP contribution >= 0.6 is 11.3 Å². The van der Waals surface area contributed by atoms with E-state index in [1.54, 1.807) is 4.90 Å². The van der Waals surface area contributed by atoms with Crippen molar-refractivity contribution in [2.45, 2.75) is 25.7 Å². The van der Waals surface area contributed by atoms with Crippen LogP contribution in [0.5, 0.6) is 0 Å². The quantitative estimate of drug-likeness (QED) is 0.853. The fraction of sp³-hybridized carbons (Fsp3) is 0.400. The third-order valence-corrected chi connectivity index (χ3v) is 4.77. The van der Waals surface area contributed by atoms with Gasteiger partial charge in [-0.2, -0.15) is 0 Å². The molecule has 3 rings (SSSR count). The first-order valence-corrected chi connectivity index (χ1v) is 7.90. The maximum absolute atomic E-state index is 13.3. The molecule has 0 N–H and O–H groups in total. The van der Waals surface area contributed by atoms with E-state index in [1.165, 1.54) is 17.4 Å². The van der Waals surface area contributed by atoms with Gasteiger partial charge in [0.05, 0.1) is 0 Å². The molecule has 1 amide bonds. The Hall–Kier alpha value is -1.89. The number of carbonyl (C=O) groups is 1. The zero-order valence-electron chi connectivity index (χ0n) is 12.1. The standard InChI is InChI=1S/C15H15F2N3OS/c1-9-18-19-14(22-9)11-3-2-6-20(8-11)15(21)10-4-5-12(16)13(17)7-10/h4-5,7,11H,2-3,6,8H2,1H3. The van der Waals surface area contributed by atoms with Gasteiger partial charge in [0.1, 0.15) is 10.0 Å². The lowest BCUT2D eigenvalue weighted by Crippen LogP contribution is -2.39. The predicted molar refractivity (Wildman–Crippen MR) is 78.9 cm³/mol. The van der Waals surface area contributed by atoms with Crippen LogP contribution in [0.4, 0.5) is 8.78 Å². The molecule has 1 aromatic carbocycles. The molecule has 7 heteroatoms. The molecule has 0 radical (unpaired) electrons. The van der Waals surface area contributed by atoms with Gasteiger partial charge in [-0.15, -0.1) is 21.5 Å². The molecule has 1 unspecified atom stereocenters. The Kier molecular flexibility index (Phi) is 4.15. The number of piperidine rings is 1. The molecule has 1 fully saturated rings. The third-order valence-electron chi connectivity index (χ3n) is 3.77. The van der Waals surface area contributed by atoms with Gasteiger partial charge in [-0.25, -0.2) is 8.78 Å². The van der Waals surface area contributed by atoms with E-state index < -0.39 is 11.6 Å². The van der Waals surface area contributed by atoms with Crippen molar-refractivity contribution in [1.82, 2.24) is 15.1 Å². The van der Waals surface area contributed by atoms with E-state index >= 15 is 0 Å². The van der Waals surface area contributed by atoms with E-state index in [2.05, 4.69) is 10.2 Å². The number of likely N-dealkylation sites (tertiary alicyclic amines) is 1. The minimum atomic E-state index is -1.00. The van der Waals surface area contributed by atoms with Gasteiger partial charge in [0.2, 0.25) is 0 Å². The van der Waals surface area contributed by atoms with Crippen LogP contribution in [0.3, 0.4) is 0 Å². The van der Waals surface area contributed by atoms with E-state index in [-0.39, 0.29) is 17.4 Å². The summed E-state index contributed by atoms with van der Waals surface area (Å²) >= 11 is 1.54. The molecular weight excluding hydrogens is 308 g/mol. The first kappa shape index (κ1) is 15.0. The van der Waals surface area contributed by atoms with Crippen molar-refractivity contribution in [3.63, 3.8) is 0 Å². The SMILES string of the molecule is Cc1nnc(C2CCCN(C(=O)c3ccc(F)c(F)c3)C2)s1. The number of benzene rings is 1. The Balaban J connectivity index is 1.76. The van der Waals surface area contributed by atoms with Crippen molar-refractivity contribution < 1.29 is 13.6 Å². The minimum Gasteiger partial charge on any atom is -0.338 e. The van der Waals surface area contributed by atoms with E-state index in [1.807, 2.05) is 6.92 Å². The topological polar surface area (TPSA) is 46.1 Å². The summed E-state index contributed by atoms with van der Waals surface area (Å²) in [5.41, 5.74) is 0.174. The molecule has 22 heavy (non-hydrogen) atoms. The molecule has 0 bridgehead atoms. The van der Waals surface area contributed by atoms with Crippen molar-refractivity contribution in [2.75, 3.05) is 13.1 Å². The van der Waals surface area contributed by atoms with Crippen LogP contribution in [0.2, 0.25) is 0 Å². The highest BCUT2D eigenvalue weighted by Crippen LogP contribution is 2.29. The molecule has 2 heterocycles. The molecule has 0 aliphatic carbocycles. The third kappa shape index (κ3) is 2.99. The highest BCUT2D eigenvalue weighted by Gasteiger charge is 2.27.